The van der Waals surface area contributed by atoms with Gasteiger partial charge in [0.05, 0.1) is 0 Å². The van der Waals surface area contributed by atoms with E-state index in [0.29, 0.717) is 0 Å². The second-order valence-electron chi connectivity index (χ2n) is 3.09. The zero-order valence-electron chi connectivity index (χ0n) is 8.94. The first-order valence-electron chi connectivity index (χ1n) is 4.65. The van der Waals surface area contributed by atoms with Crippen molar-refractivity contribution >= 4 is 0 Å². The Morgan fingerprint density at radius 2 is 0.647 bits per heavy atom. The number of benzene rings is 2. The molecule has 0 saturated carbocycles. The van der Waals surface area contributed by atoms with Crippen molar-refractivity contribution in [2.45, 2.75) is 0 Å². The van der Waals surface area contributed by atoms with Gasteiger partial charge in [-0.25, -0.2) is 0 Å². The van der Waals surface area contributed by atoms with Gasteiger partial charge in [0, 0.05) is 24.3 Å². The molecule has 2 rings (SSSR count). The van der Waals surface area contributed by atoms with Gasteiger partial charge in [0.25, 0.3) is 0 Å². The Balaban J connectivity index is 0.000000284. The van der Waals surface area contributed by atoms with Crippen LogP contribution in [0.5, 0.6) is 23.0 Å². The Kier molecular flexibility index (Phi) is 6.60. The van der Waals surface area contributed by atoms with Gasteiger partial charge in [-0.3, -0.25) is 0 Å². The molecular weight excluding hydrogens is 267 g/mol. The van der Waals surface area contributed by atoms with E-state index in [4.69, 9.17) is 20.4 Å². The first-order valence-corrected chi connectivity index (χ1v) is 4.65. The number of rotatable bonds is 0. The van der Waals surface area contributed by atoms with Crippen LogP contribution in [0.1, 0.15) is 0 Å². The van der Waals surface area contributed by atoms with Crippen molar-refractivity contribution in [2.75, 3.05) is 0 Å². The van der Waals surface area contributed by atoms with Gasteiger partial charge in [-0.15, -0.1) is 0 Å². The quantitative estimate of drug-likeness (QED) is 0.512. The fraction of sp³-hybridized carbons (Fsp3) is 0. The summed E-state index contributed by atoms with van der Waals surface area (Å²) in [6.45, 7) is 0. The third-order valence-corrected chi connectivity index (χ3v) is 1.85. The standard InChI is InChI=1S/2C6H6O2.Ni/c2*7-5-3-1-2-4-6(5)8;/h2*1-4,7-8H;/q;;+2/p+4. The van der Waals surface area contributed by atoms with E-state index in [-0.39, 0.29) is 39.5 Å². The summed E-state index contributed by atoms with van der Waals surface area (Å²) >= 11 is 0. The van der Waals surface area contributed by atoms with Crippen LogP contribution < -0.4 is 0 Å². The van der Waals surface area contributed by atoms with E-state index in [1.807, 2.05) is 0 Å². The van der Waals surface area contributed by atoms with Crippen LogP contribution in [0.3, 0.4) is 0 Å². The van der Waals surface area contributed by atoms with Gasteiger partial charge >= 0.3 is 39.5 Å². The Labute approximate surface area is 109 Å². The molecule has 0 amide bonds. The van der Waals surface area contributed by atoms with Gasteiger partial charge in [0.15, 0.2) is 0 Å². The fourth-order valence-electron chi connectivity index (χ4n) is 0.966. The van der Waals surface area contributed by atoms with Crippen LogP contribution in [-0.2, 0) is 16.5 Å². The van der Waals surface area contributed by atoms with Gasteiger partial charge in [-0.05, 0) is 0 Å². The van der Waals surface area contributed by atoms with Gasteiger partial charge in [-0.2, -0.15) is 0 Å². The molecule has 8 N–H and O–H groups in total. The predicted molar refractivity (Wildman–Crippen MR) is 65.1 cm³/mol. The molecule has 2 aromatic carbocycles. The smallest absolute Gasteiger partial charge is 0.587 e. The van der Waals surface area contributed by atoms with E-state index in [1.165, 1.54) is 0 Å². The van der Waals surface area contributed by atoms with Gasteiger partial charge in [-0.1, -0.05) is 24.3 Å². The van der Waals surface area contributed by atoms with E-state index in [2.05, 4.69) is 0 Å². The Bertz CT molecular complexity index is 374. The molecule has 0 saturated heterocycles. The van der Waals surface area contributed by atoms with Crippen molar-refractivity contribution in [1.82, 2.24) is 0 Å². The van der Waals surface area contributed by atoms with Crippen LogP contribution in [0.25, 0.3) is 0 Å². The summed E-state index contributed by atoms with van der Waals surface area (Å²) in [6, 6.07) is 13.4. The van der Waals surface area contributed by atoms with E-state index < -0.39 is 0 Å². The molecule has 0 aromatic heterocycles. The van der Waals surface area contributed by atoms with Crippen LogP contribution in [0.15, 0.2) is 48.5 Å². The minimum absolute atomic E-state index is 0. The van der Waals surface area contributed by atoms with Crippen LogP contribution in [0, 0.1) is 0 Å². The third-order valence-electron chi connectivity index (χ3n) is 1.85. The van der Waals surface area contributed by atoms with Crippen molar-refractivity contribution in [3.8, 4) is 23.0 Å². The van der Waals surface area contributed by atoms with Gasteiger partial charge in [0.2, 0.25) is 0 Å². The van der Waals surface area contributed by atoms with Crippen molar-refractivity contribution in [2.24, 2.45) is 0 Å². The average molecular weight is 283 g/mol. The molecule has 0 spiro atoms. The van der Waals surface area contributed by atoms with Crippen molar-refractivity contribution < 1.29 is 36.9 Å². The number of hydrogen-bond donors (Lipinski definition) is 0. The summed E-state index contributed by atoms with van der Waals surface area (Å²) < 4.78 is 0. The molecule has 0 aliphatic rings. The molecule has 5 heteroatoms. The van der Waals surface area contributed by atoms with Crippen molar-refractivity contribution in [3.05, 3.63) is 48.5 Å². The molecule has 0 radical (unpaired) electrons. The average Bonchev–Trinajstić information content (AvgIpc) is 2.28. The van der Waals surface area contributed by atoms with E-state index >= 15 is 0 Å². The Hall–Kier alpha value is -1.87. The van der Waals surface area contributed by atoms with Crippen LogP contribution in [0.4, 0.5) is 0 Å². The maximum absolute atomic E-state index is 7.03. The maximum Gasteiger partial charge on any atom is 2.00 e. The van der Waals surface area contributed by atoms with Gasteiger partial charge < -0.3 is 20.4 Å². The van der Waals surface area contributed by atoms with E-state index in [9.17, 15) is 0 Å². The van der Waals surface area contributed by atoms with Crippen molar-refractivity contribution in [1.29, 1.82) is 0 Å². The zero-order valence-corrected chi connectivity index (χ0v) is 9.92. The minimum Gasteiger partial charge on any atom is -0.587 e. The molecule has 0 bridgehead atoms. The summed E-state index contributed by atoms with van der Waals surface area (Å²) in [4.78, 5) is 0. The van der Waals surface area contributed by atoms with E-state index in [1.54, 1.807) is 48.5 Å². The molecular formula is C12H16NiO4+6. The molecule has 0 fully saturated rings. The predicted octanol–water partition coefficient (Wildman–Crippen LogP) is 1.12. The summed E-state index contributed by atoms with van der Waals surface area (Å²) in [5.41, 5.74) is 0. The number of para-hydroxylation sites is 4. The summed E-state index contributed by atoms with van der Waals surface area (Å²) in [5, 5.41) is 28.1. The minimum atomic E-state index is 0. The molecule has 4 nitrogen and oxygen atoms in total. The monoisotopic (exact) mass is 282 g/mol. The van der Waals surface area contributed by atoms with E-state index in [0.717, 1.165) is 0 Å². The summed E-state index contributed by atoms with van der Waals surface area (Å²) in [6.07, 6.45) is 0. The van der Waals surface area contributed by atoms with Crippen LogP contribution >= 0.6 is 0 Å². The number of hydrogen-bond acceptors (Lipinski definition) is 0. The second kappa shape index (κ2) is 7.41. The SMILES string of the molecule is [Ni+2].[OH2+]c1ccccc1[OH2+].[OH2+]c1ccccc1[OH2+]. The van der Waals surface area contributed by atoms with Crippen molar-refractivity contribution in [3.63, 3.8) is 0 Å². The largest absolute Gasteiger partial charge is 2.00 e. The first-order chi connectivity index (χ1) is 7.61. The Morgan fingerprint density at radius 1 is 0.471 bits per heavy atom. The Morgan fingerprint density at radius 3 is 0.765 bits per heavy atom. The molecule has 17 heavy (non-hydrogen) atoms. The molecule has 0 unspecified atom stereocenters. The summed E-state index contributed by atoms with van der Waals surface area (Å²) in [7, 11) is 0. The summed E-state index contributed by atoms with van der Waals surface area (Å²) in [5.74, 6) is 1.14. The topological polar surface area (TPSA) is 91.6 Å². The second-order valence-corrected chi connectivity index (χ2v) is 3.09. The maximum atomic E-state index is 7.03. The van der Waals surface area contributed by atoms with Crippen LogP contribution in [0.2, 0.25) is 0 Å². The molecule has 0 heterocycles. The first kappa shape index (κ1) is 15.1. The molecule has 0 atom stereocenters. The van der Waals surface area contributed by atoms with Gasteiger partial charge in [0.1, 0.15) is 0 Å². The third kappa shape index (κ3) is 5.13. The molecule has 0 aliphatic carbocycles. The molecule has 92 valence electrons. The van der Waals surface area contributed by atoms with Crippen LogP contribution in [-0.4, -0.2) is 20.4 Å². The molecule has 0 aliphatic heterocycles. The normalized spacial score (nSPS) is 8.47. The zero-order chi connectivity index (χ0) is 12.0. The fourth-order valence-corrected chi connectivity index (χ4v) is 0.966. The molecule has 2 aromatic rings.